The number of hydrazone groups is 1. The first-order valence-corrected chi connectivity index (χ1v) is 9.29. The van der Waals surface area contributed by atoms with Crippen molar-refractivity contribution >= 4 is 17.9 Å². The van der Waals surface area contributed by atoms with E-state index in [2.05, 4.69) is 10.4 Å². The summed E-state index contributed by atoms with van der Waals surface area (Å²) in [5.74, 6) is 0.0539. The highest BCUT2D eigenvalue weighted by molar-refractivity contribution is 5.82. The Kier molecular flexibility index (Phi) is 7.85. The zero-order valence-electron chi connectivity index (χ0n) is 16.9. The highest BCUT2D eigenvalue weighted by Gasteiger charge is 2.22. The van der Waals surface area contributed by atoms with Crippen molar-refractivity contribution in [3.8, 4) is 11.5 Å². The first kappa shape index (κ1) is 22.0. The Bertz CT molecular complexity index is 835. The topological polar surface area (TPSA) is 112 Å². The van der Waals surface area contributed by atoms with E-state index in [0.29, 0.717) is 22.7 Å². The van der Waals surface area contributed by atoms with E-state index in [1.807, 2.05) is 27.7 Å². The van der Waals surface area contributed by atoms with Gasteiger partial charge in [-0.25, -0.2) is 4.79 Å². The number of carbonyl (C=O) groups is 1. The lowest BCUT2D eigenvalue weighted by Gasteiger charge is -2.21. The molecule has 1 unspecified atom stereocenters. The van der Waals surface area contributed by atoms with Crippen LogP contribution in [0.15, 0.2) is 47.6 Å². The molecule has 0 saturated carbocycles. The van der Waals surface area contributed by atoms with Gasteiger partial charge in [-0.2, -0.15) is 10.7 Å². The van der Waals surface area contributed by atoms with Crippen molar-refractivity contribution in [2.75, 3.05) is 5.32 Å². The molecule has 2 aromatic rings. The van der Waals surface area contributed by atoms with E-state index in [9.17, 15) is 9.90 Å². The van der Waals surface area contributed by atoms with E-state index in [1.165, 1.54) is 6.21 Å². The van der Waals surface area contributed by atoms with Gasteiger partial charge >= 0.3 is 5.97 Å². The van der Waals surface area contributed by atoms with Crippen LogP contribution in [-0.2, 0) is 4.79 Å². The fourth-order valence-electron chi connectivity index (χ4n) is 2.62. The molecule has 0 aliphatic rings. The SMILES string of the molecule is CC(C)Oc1ccc(C(Nc2ccc(C=NNO)cc2)C(=O)O)cc1OC(C)C. The second kappa shape index (κ2) is 10.3. The van der Waals surface area contributed by atoms with Gasteiger partial charge in [-0.1, -0.05) is 18.2 Å². The normalized spacial score (nSPS) is 12.2. The second-order valence-electron chi connectivity index (χ2n) is 6.94. The highest BCUT2D eigenvalue weighted by Crippen LogP contribution is 2.33. The number of aliphatic carboxylic acids is 1. The minimum absolute atomic E-state index is 0.0353. The average molecular weight is 401 g/mol. The van der Waals surface area contributed by atoms with Gasteiger partial charge in [-0.05, 0) is 63.1 Å². The van der Waals surface area contributed by atoms with Crippen molar-refractivity contribution < 1.29 is 24.6 Å². The van der Waals surface area contributed by atoms with Gasteiger partial charge in [0.1, 0.15) is 0 Å². The quantitative estimate of drug-likeness (QED) is 0.354. The number of hydrogen-bond acceptors (Lipinski definition) is 7. The van der Waals surface area contributed by atoms with E-state index in [0.717, 1.165) is 5.56 Å². The number of nitrogens with zero attached hydrogens (tertiary/aromatic N) is 1. The van der Waals surface area contributed by atoms with Crippen LogP contribution in [-0.4, -0.2) is 34.7 Å². The molecule has 0 radical (unpaired) electrons. The first-order chi connectivity index (χ1) is 13.8. The third-order valence-corrected chi connectivity index (χ3v) is 3.77. The molecule has 2 rings (SSSR count). The highest BCUT2D eigenvalue weighted by atomic mass is 16.5. The Morgan fingerprint density at radius 1 is 1.00 bits per heavy atom. The predicted octanol–water partition coefficient (Wildman–Crippen LogP) is 3.81. The molecule has 29 heavy (non-hydrogen) atoms. The number of carboxylic acids is 1. The van der Waals surface area contributed by atoms with Crippen LogP contribution >= 0.6 is 0 Å². The van der Waals surface area contributed by atoms with Crippen molar-refractivity contribution in [3.63, 3.8) is 0 Å². The number of benzene rings is 2. The molecule has 1 atom stereocenters. The molecule has 0 amide bonds. The van der Waals surface area contributed by atoms with Crippen molar-refractivity contribution in [3.05, 3.63) is 53.6 Å². The molecule has 0 fully saturated rings. The van der Waals surface area contributed by atoms with Crippen LogP contribution in [0.25, 0.3) is 0 Å². The van der Waals surface area contributed by atoms with Crippen molar-refractivity contribution in [2.45, 2.75) is 45.9 Å². The lowest BCUT2D eigenvalue weighted by Crippen LogP contribution is -2.21. The first-order valence-electron chi connectivity index (χ1n) is 9.29. The fourth-order valence-corrected chi connectivity index (χ4v) is 2.62. The van der Waals surface area contributed by atoms with E-state index in [1.54, 1.807) is 48.1 Å². The van der Waals surface area contributed by atoms with Crippen LogP contribution in [0.5, 0.6) is 11.5 Å². The minimum atomic E-state index is -1.02. The van der Waals surface area contributed by atoms with Crippen LogP contribution in [0.4, 0.5) is 5.69 Å². The molecule has 0 aliphatic carbocycles. The Morgan fingerprint density at radius 3 is 2.17 bits per heavy atom. The summed E-state index contributed by atoms with van der Waals surface area (Å²) in [7, 11) is 0. The molecule has 156 valence electrons. The van der Waals surface area contributed by atoms with Crippen molar-refractivity contribution in [1.29, 1.82) is 0 Å². The van der Waals surface area contributed by atoms with Crippen LogP contribution in [0.3, 0.4) is 0 Å². The number of nitrogens with one attached hydrogen (secondary N) is 2. The Hall–Kier alpha value is -3.26. The summed E-state index contributed by atoms with van der Waals surface area (Å²) < 4.78 is 11.6. The molecule has 8 heteroatoms. The van der Waals surface area contributed by atoms with Gasteiger partial charge in [0.15, 0.2) is 17.5 Å². The zero-order valence-corrected chi connectivity index (χ0v) is 16.9. The van der Waals surface area contributed by atoms with Crippen LogP contribution in [0.1, 0.15) is 44.9 Å². The maximum atomic E-state index is 11.9. The molecule has 8 nitrogen and oxygen atoms in total. The van der Waals surface area contributed by atoms with E-state index in [-0.39, 0.29) is 12.2 Å². The number of ether oxygens (including phenoxy) is 2. The molecular weight excluding hydrogens is 374 g/mol. The lowest BCUT2D eigenvalue weighted by atomic mass is 10.1. The van der Waals surface area contributed by atoms with Crippen molar-refractivity contribution in [2.24, 2.45) is 5.10 Å². The second-order valence-corrected chi connectivity index (χ2v) is 6.94. The van der Waals surface area contributed by atoms with Gasteiger partial charge in [0, 0.05) is 5.69 Å². The van der Waals surface area contributed by atoms with Crippen LogP contribution in [0.2, 0.25) is 0 Å². The average Bonchev–Trinajstić information content (AvgIpc) is 2.66. The third kappa shape index (κ3) is 6.69. The molecule has 0 spiro atoms. The number of anilines is 1. The Labute approximate surface area is 170 Å². The summed E-state index contributed by atoms with van der Waals surface area (Å²) in [4.78, 5) is 11.9. The summed E-state index contributed by atoms with van der Waals surface area (Å²) in [6, 6.07) is 11.1. The minimum Gasteiger partial charge on any atom is -0.487 e. The molecule has 0 aliphatic heterocycles. The van der Waals surface area contributed by atoms with E-state index >= 15 is 0 Å². The zero-order chi connectivity index (χ0) is 21.4. The van der Waals surface area contributed by atoms with Gasteiger partial charge in [-0.3, -0.25) is 5.21 Å². The smallest absolute Gasteiger partial charge is 0.330 e. The van der Waals surface area contributed by atoms with E-state index in [4.69, 9.17) is 14.7 Å². The molecule has 4 N–H and O–H groups in total. The van der Waals surface area contributed by atoms with Crippen LogP contribution in [0, 0.1) is 0 Å². The molecule has 0 saturated heterocycles. The maximum absolute atomic E-state index is 11.9. The van der Waals surface area contributed by atoms with Gasteiger partial charge in [-0.15, -0.1) is 0 Å². The summed E-state index contributed by atoms with van der Waals surface area (Å²) in [5, 5.41) is 24.8. The largest absolute Gasteiger partial charge is 0.487 e. The summed E-state index contributed by atoms with van der Waals surface area (Å²) in [6.45, 7) is 7.63. The standard InChI is InChI=1S/C21H27N3O5/c1-13(2)28-18-10-7-16(11-19(18)29-14(3)4)20(21(25)26)23-17-8-5-15(6-9-17)12-22-24-27/h5-14,20,23-24,27H,1-4H3,(H,25,26). The summed E-state index contributed by atoms with van der Waals surface area (Å²) in [6.07, 6.45) is 1.31. The van der Waals surface area contributed by atoms with Crippen molar-refractivity contribution in [1.82, 2.24) is 5.59 Å². The van der Waals surface area contributed by atoms with Crippen LogP contribution < -0.4 is 20.4 Å². The summed E-state index contributed by atoms with van der Waals surface area (Å²) >= 11 is 0. The van der Waals surface area contributed by atoms with Gasteiger partial charge in [0.05, 0.1) is 18.4 Å². The lowest BCUT2D eigenvalue weighted by molar-refractivity contribution is -0.138. The fraction of sp³-hybridized carbons (Fsp3) is 0.333. The molecule has 2 aromatic carbocycles. The van der Waals surface area contributed by atoms with E-state index < -0.39 is 12.0 Å². The molecule has 0 aromatic heterocycles. The number of rotatable bonds is 10. The maximum Gasteiger partial charge on any atom is 0.330 e. The molecule has 0 heterocycles. The van der Waals surface area contributed by atoms with Gasteiger partial charge in [0.25, 0.3) is 0 Å². The Morgan fingerprint density at radius 2 is 1.62 bits per heavy atom. The molecule has 0 bridgehead atoms. The Balaban J connectivity index is 2.29. The van der Waals surface area contributed by atoms with Gasteiger partial charge < -0.3 is 19.9 Å². The third-order valence-electron chi connectivity index (χ3n) is 3.77. The monoisotopic (exact) mass is 401 g/mol. The van der Waals surface area contributed by atoms with Gasteiger partial charge in [0.2, 0.25) is 0 Å². The predicted molar refractivity (Wildman–Crippen MR) is 111 cm³/mol. The molecular formula is C21H27N3O5. The summed E-state index contributed by atoms with van der Waals surface area (Å²) in [5.41, 5.74) is 3.60. The number of hydrogen-bond donors (Lipinski definition) is 4. The number of carboxylic acid groups (broad SMARTS) is 1.